The molecular weight excluding hydrogens is 322 g/mol. The van der Waals surface area contributed by atoms with E-state index < -0.39 is 35.4 Å². The quantitative estimate of drug-likeness (QED) is 0.111. The molecule has 3 atom stereocenters. The first-order valence-electron chi connectivity index (χ1n) is 7.51. The molecule has 0 bridgehead atoms. The molecule has 0 radical (unpaired) electrons. The third-order valence-electron chi connectivity index (χ3n) is 3.57. The molecule has 8 nitrogen and oxygen atoms in total. The SMILES string of the molecule is CC[C@H](C)[C@H](N)C(=O)N[C@@H](CCCNC(=N)N)C(=O)C(=O)CCl. The Morgan fingerprint density at radius 1 is 1.30 bits per heavy atom. The van der Waals surface area contributed by atoms with Crippen LogP contribution in [0.5, 0.6) is 0 Å². The second-order valence-corrected chi connectivity index (χ2v) is 5.64. The van der Waals surface area contributed by atoms with Crippen LogP contribution >= 0.6 is 11.6 Å². The van der Waals surface area contributed by atoms with Gasteiger partial charge in [0, 0.05) is 6.54 Å². The average molecular weight is 348 g/mol. The number of Topliss-reactive ketones (excluding diaryl/α,β-unsaturated/α-hetero) is 2. The molecule has 0 aromatic carbocycles. The minimum absolute atomic E-state index is 0.0474. The van der Waals surface area contributed by atoms with Crippen LogP contribution in [0.3, 0.4) is 0 Å². The molecule has 0 fully saturated rings. The summed E-state index contributed by atoms with van der Waals surface area (Å²) >= 11 is 5.40. The lowest BCUT2D eigenvalue weighted by Crippen LogP contribution is -2.52. The van der Waals surface area contributed by atoms with Crippen molar-refractivity contribution in [3.8, 4) is 0 Å². The number of ketones is 2. The fourth-order valence-electron chi connectivity index (χ4n) is 1.84. The maximum Gasteiger partial charge on any atom is 0.237 e. The van der Waals surface area contributed by atoms with Gasteiger partial charge in [-0.2, -0.15) is 0 Å². The first kappa shape index (κ1) is 21.3. The van der Waals surface area contributed by atoms with Crippen LogP contribution in [0.15, 0.2) is 0 Å². The van der Waals surface area contributed by atoms with Crippen LogP contribution in [-0.4, -0.2) is 47.9 Å². The molecular formula is C14H26ClN5O3. The highest BCUT2D eigenvalue weighted by Crippen LogP contribution is 2.07. The fourth-order valence-corrected chi connectivity index (χ4v) is 1.97. The smallest absolute Gasteiger partial charge is 0.237 e. The zero-order valence-corrected chi connectivity index (χ0v) is 14.3. The van der Waals surface area contributed by atoms with Crippen molar-refractivity contribution in [1.29, 1.82) is 5.41 Å². The Balaban J connectivity index is 4.77. The zero-order valence-electron chi connectivity index (χ0n) is 13.5. The van der Waals surface area contributed by atoms with Crippen molar-refractivity contribution >= 4 is 35.0 Å². The number of hydrogen-bond acceptors (Lipinski definition) is 5. The molecule has 0 aliphatic heterocycles. The summed E-state index contributed by atoms with van der Waals surface area (Å²) in [5, 5.41) is 12.2. The van der Waals surface area contributed by atoms with Gasteiger partial charge in [-0.05, 0) is 18.8 Å². The number of amides is 1. The molecule has 0 aromatic rings. The number of rotatable bonds is 11. The highest BCUT2D eigenvalue weighted by molar-refractivity contribution is 6.48. The standard InChI is InChI=1S/C14H26ClN5O3/c1-3-8(2)11(16)13(23)20-9(12(22)10(21)7-15)5-4-6-19-14(17)18/h8-9,11H,3-7,16H2,1-2H3,(H,20,23)(H4,17,18,19)/t8-,9-,11-/m0/s1. The maximum absolute atomic E-state index is 12.1. The van der Waals surface area contributed by atoms with Crippen molar-refractivity contribution in [2.24, 2.45) is 17.4 Å². The molecule has 7 N–H and O–H groups in total. The van der Waals surface area contributed by atoms with E-state index in [1.54, 1.807) is 0 Å². The molecule has 132 valence electrons. The van der Waals surface area contributed by atoms with Crippen molar-refractivity contribution < 1.29 is 14.4 Å². The molecule has 9 heteroatoms. The summed E-state index contributed by atoms with van der Waals surface area (Å²) in [6.07, 6.45) is 1.38. The van der Waals surface area contributed by atoms with E-state index in [9.17, 15) is 14.4 Å². The Labute approximate surface area is 141 Å². The minimum Gasteiger partial charge on any atom is -0.370 e. The van der Waals surface area contributed by atoms with Crippen molar-refractivity contribution in [3.05, 3.63) is 0 Å². The van der Waals surface area contributed by atoms with Crippen LogP contribution in [0, 0.1) is 11.3 Å². The van der Waals surface area contributed by atoms with Gasteiger partial charge in [0.2, 0.25) is 17.5 Å². The van der Waals surface area contributed by atoms with Gasteiger partial charge in [0.05, 0.1) is 18.0 Å². The van der Waals surface area contributed by atoms with Gasteiger partial charge in [-0.3, -0.25) is 19.8 Å². The van der Waals surface area contributed by atoms with E-state index in [2.05, 4.69) is 10.6 Å². The summed E-state index contributed by atoms with van der Waals surface area (Å²) in [6.45, 7) is 4.09. The Kier molecular flexibility index (Phi) is 10.2. The van der Waals surface area contributed by atoms with Crippen molar-refractivity contribution in [3.63, 3.8) is 0 Å². The van der Waals surface area contributed by atoms with Gasteiger partial charge in [0.25, 0.3) is 0 Å². The molecule has 0 heterocycles. The fraction of sp³-hybridized carbons (Fsp3) is 0.714. The number of hydrogen-bond donors (Lipinski definition) is 5. The van der Waals surface area contributed by atoms with Gasteiger partial charge in [-0.25, -0.2) is 0 Å². The molecule has 0 unspecified atom stereocenters. The topological polar surface area (TPSA) is 151 Å². The summed E-state index contributed by atoms with van der Waals surface area (Å²) in [5.74, 6) is -2.64. The molecule has 0 aromatic heterocycles. The first-order chi connectivity index (χ1) is 10.7. The zero-order chi connectivity index (χ0) is 18.0. The van der Waals surface area contributed by atoms with E-state index in [0.717, 1.165) is 6.42 Å². The van der Waals surface area contributed by atoms with Crippen LogP contribution in [0.4, 0.5) is 0 Å². The van der Waals surface area contributed by atoms with E-state index in [4.69, 9.17) is 28.5 Å². The van der Waals surface area contributed by atoms with Gasteiger partial charge in [-0.15, -0.1) is 11.6 Å². The number of alkyl halides is 1. The van der Waals surface area contributed by atoms with Crippen LogP contribution in [0.25, 0.3) is 0 Å². The van der Waals surface area contributed by atoms with Crippen LogP contribution < -0.4 is 22.1 Å². The molecule has 1 amide bonds. The highest BCUT2D eigenvalue weighted by atomic mass is 35.5. The van der Waals surface area contributed by atoms with Crippen LogP contribution in [-0.2, 0) is 14.4 Å². The summed E-state index contributed by atoms with van der Waals surface area (Å²) in [4.78, 5) is 35.6. The Morgan fingerprint density at radius 2 is 1.91 bits per heavy atom. The maximum atomic E-state index is 12.1. The number of carbonyl (C=O) groups is 3. The third kappa shape index (κ3) is 7.94. The molecule has 0 saturated heterocycles. The number of halogens is 1. The minimum atomic E-state index is -0.974. The summed E-state index contributed by atoms with van der Waals surface area (Å²) in [6, 6.07) is -1.73. The Hall–Kier alpha value is -1.67. The van der Waals surface area contributed by atoms with Crippen molar-refractivity contribution in [2.45, 2.75) is 45.2 Å². The highest BCUT2D eigenvalue weighted by Gasteiger charge is 2.28. The second-order valence-electron chi connectivity index (χ2n) is 5.38. The lowest BCUT2D eigenvalue weighted by Gasteiger charge is -2.22. The van der Waals surface area contributed by atoms with E-state index in [1.165, 1.54) is 0 Å². The largest absolute Gasteiger partial charge is 0.370 e. The molecule has 0 rings (SSSR count). The lowest BCUT2D eigenvalue weighted by atomic mass is 9.97. The molecule has 0 aliphatic carbocycles. The first-order valence-corrected chi connectivity index (χ1v) is 8.04. The molecule has 0 spiro atoms. The normalized spacial score (nSPS) is 14.4. The number of carbonyl (C=O) groups excluding carboxylic acids is 3. The van der Waals surface area contributed by atoms with Crippen molar-refractivity contribution in [2.75, 3.05) is 12.4 Å². The summed E-state index contributed by atoms with van der Waals surface area (Å²) < 4.78 is 0. The van der Waals surface area contributed by atoms with E-state index in [-0.39, 0.29) is 18.3 Å². The van der Waals surface area contributed by atoms with Gasteiger partial charge < -0.3 is 22.1 Å². The Morgan fingerprint density at radius 3 is 2.39 bits per heavy atom. The Bertz CT molecular complexity index is 444. The molecule has 0 saturated carbocycles. The second kappa shape index (κ2) is 11.0. The average Bonchev–Trinajstić information content (AvgIpc) is 2.53. The number of guanidine groups is 1. The van der Waals surface area contributed by atoms with E-state index in [0.29, 0.717) is 13.0 Å². The molecule has 23 heavy (non-hydrogen) atoms. The summed E-state index contributed by atoms with van der Waals surface area (Å²) in [5.41, 5.74) is 11.0. The van der Waals surface area contributed by atoms with E-state index in [1.807, 2.05) is 13.8 Å². The lowest BCUT2D eigenvalue weighted by molar-refractivity contribution is -0.138. The third-order valence-corrected chi connectivity index (χ3v) is 3.82. The predicted octanol–water partition coefficient (Wildman–Crippen LogP) is -0.515. The predicted molar refractivity (Wildman–Crippen MR) is 89.2 cm³/mol. The van der Waals surface area contributed by atoms with Crippen LogP contribution in [0.2, 0.25) is 0 Å². The monoisotopic (exact) mass is 347 g/mol. The van der Waals surface area contributed by atoms with Gasteiger partial charge in [0.1, 0.15) is 0 Å². The van der Waals surface area contributed by atoms with Crippen molar-refractivity contribution in [1.82, 2.24) is 10.6 Å². The van der Waals surface area contributed by atoms with Crippen LogP contribution in [0.1, 0.15) is 33.1 Å². The van der Waals surface area contributed by atoms with Gasteiger partial charge in [-0.1, -0.05) is 20.3 Å². The van der Waals surface area contributed by atoms with Gasteiger partial charge in [0.15, 0.2) is 5.96 Å². The van der Waals surface area contributed by atoms with E-state index >= 15 is 0 Å². The summed E-state index contributed by atoms with van der Waals surface area (Å²) in [7, 11) is 0. The van der Waals surface area contributed by atoms with Gasteiger partial charge >= 0.3 is 0 Å². The number of nitrogens with one attached hydrogen (secondary N) is 3. The number of nitrogens with two attached hydrogens (primary N) is 2. The molecule has 0 aliphatic rings.